The molecule has 3 aromatic carbocycles. The average Bonchev–Trinajstić information content (AvgIpc) is 3.27. The molecule has 0 aliphatic rings. The summed E-state index contributed by atoms with van der Waals surface area (Å²) >= 11 is 1.66. The van der Waals surface area contributed by atoms with Crippen molar-refractivity contribution in [1.82, 2.24) is 4.98 Å². The summed E-state index contributed by atoms with van der Waals surface area (Å²) in [7, 11) is 0. The SMILES string of the molecule is CCOc1cc(C(=O)Nc2ccc(-c3nc4ccccc4s3)cc2C)cc(OCC)c1OCC. The summed E-state index contributed by atoms with van der Waals surface area (Å²) in [4.78, 5) is 17.9. The van der Waals surface area contributed by atoms with E-state index in [1.807, 2.05) is 64.1 Å². The van der Waals surface area contributed by atoms with Crippen molar-refractivity contribution in [3.63, 3.8) is 0 Å². The van der Waals surface area contributed by atoms with Gasteiger partial charge in [-0.2, -0.15) is 0 Å². The molecule has 0 saturated carbocycles. The first-order chi connectivity index (χ1) is 16.5. The van der Waals surface area contributed by atoms with Crippen molar-refractivity contribution in [1.29, 1.82) is 0 Å². The van der Waals surface area contributed by atoms with Crippen molar-refractivity contribution in [2.45, 2.75) is 27.7 Å². The number of para-hydroxylation sites is 1. The molecule has 0 spiro atoms. The minimum absolute atomic E-state index is 0.249. The molecule has 34 heavy (non-hydrogen) atoms. The molecule has 6 nitrogen and oxygen atoms in total. The standard InChI is InChI=1S/C27H28N2O4S/c1-5-31-22-15-19(16-23(32-6-2)25(22)33-7-3)26(30)28-20-13-12-18(14-17(20)4)27-29-21-10-8-9-11-24(21)34-27/h8-16H,5-7H2,1-4H3,(H,28,30). The third-order valence-electron chi connectivity index (χ3n) is 5.19. The number of nitrogens with zero attached hydrogens (tertiary/aromatic N) is 1. The molecule has 4 aromatic rings. The Hall–Kier alpha value is -3.58. The molecule has 0 radical (unpaired) electrons. The van der Waals surface area contributed by atoms with Gasteiger partial charge in [0, 0.05) is 16.8 Å². The number of fused-ring (bicyclic) bond motifs is 1. The molecule has 1 aromatic heterocycles. The van der Waals surface area contributed by atoms with E-state index >= 15 is 0 Å². The summed E-state index contributed by atoms with van der Waals surface area (Å²) in [6.07, 6.45) is 0. The van der Waals surface area contributed by atoms with Crippen molar-refractivity contribution in [2.75, 3.05) is 25.1 Å². The van der Waals surface area contributed by atoms with Gasteiger partial charge >= 0.3 is 0 Å². The molecule has 0 atom stereocenters. The second-order valence-electron chi connectivity index (χ2n) is 7.57. The van der Waals surface area contributed by atoms with E-state index < -0.39 is 0 Å². The molecular weight excluding hydrogens is 448 g/mol. The molecule has 0 aliphatic carbocycles. The molecule has 7 heteroatoms. The van der Waals surface area contributed by atoms with E-state index in [0.717, 1.165) is 32.0 Å². The molecule has 0 unspecified atom stereocenters. The molecule has 0 saturated heterocycles. The number of anilines is 1. The Morgan fingerprint density at radius 3 is 2.21 bits per heavy atom. The number of carbonyl (C=O) groups is 1. The predicted octanol–water partition coefficient (Wildman–Crippen LogP) is 6.72. The van der Waals surface area contributed by atoms with Gasteiger partial charge in [0.2, 0.25) is 5.75 Å². The monoisotopic (exact) mass is 476 g/mol. The highest BCUT2D eigenvalue weighted by atomic mass is 32.1. The van der Waals surface area contributed by atoms with Gasteiger partial charge in [-0.15, -0.1) is 11.3 Å². The molecule has 1 N–H and O–H groups in total. The highest BCUT2D eigenvalue weighted by Crippen LogP contribution is 2.39. The fourth-order valence-corrected chi connectivity index (χ4v) is 4.61. The van der Waals surface area contributed by atoms with Gasteiger partial charge in [0.15, 0.2) is 11.5 Å². The van der Waals surface area contributed by atoms with E-state index in [0.29, 0.717) is 42.6 Å². The summed E-state index contributed by atoms with van der Waals surface area (Å²) in [5.41, 5.74) is 4.13. The highest BCUT2D eigenvalue weighted by Gasteiger charge is 2.19. The van der Waals surface area contributed by atoms with Crippen LogP contribution in [0.5, 0.6) is 17.2 Å². The highest BCUT2D eigenvalue weighted by molar-refractivity contribution is 7.21. The number of carbonyl (C=O) groups excluding carboxylic acids is 1. The predicted molar refractivity (Wildman–Crippen MR) is 138 cm³/mol. The van der Waals surface area contributed by atoms with Crippen LogP contribution in [0.3, 0.4) is 0 Å². The number of thiazole rings is 1. The second-order valence-corrected chi connectivity index (χ2v) is 8.60. The first kappa shape index (κ1) is 23.6. The summed E-state index contributed by atoms with van der Waals surface area (Å²) in [6, 6.07) is 17.4. The smallest absolute Gasteiger partial charge is 0.255 e. The van der Waals surface area contributed by atoms with Crippen LogP contribution in [0.2, 0.25) is 0 Å². The maximum Gasteiger partial charge on any atom is 0.255 e. The number of aromatic nitrogens is 1. The van der Waals surface area contributed by atoms with E-state index in [-0.39, 0.29) is 5.91 Å². The van der Waals surface area contributed by atoms with Crippen molar-refractivity contribution in [3.8, 4) is 27.8 Å². The van der Waals surface area contributed by atoms with Gasteiger partial charge in [-0.3, -0.25) is 4.79 Å². The number of nitrogens with one attached hydrogen (secondary N) is 1. The number of benzene rings is 3. The van der Waals surface area contributed by atoms with Crippen LogP contribution in [-0.2, 0) is 0 Å². The molecule has 0 aliphatic heterocycles. The lowest BCUT2D eigenvalue weighted by atomic mass is 10.1. The molecule has 0 fully saturated rings. The summed E-state index contributed by atoms with van der Waals surface area (Å²) in [5, 5.41) is 3.97. The van der Waals surface area contributed by atoms with Crippen molar-refractivity contribution < 1.29 is 19.0 Å². The van der Waals surface area contributed by atoms with E-state index in [2.05, 4.69) is 11.4 Å². The zero-order valence-electron chi connectivity index (χ0n) is 19.8. The number of amides is 1. The fraction of sp³-hybridized carbons (Fsp3) is 0.259. The topological polar surface area (TPSA) is 69.7 Å². The van der Waals surface area contributed by atoms with Crippen molar-refractivity contribution in [3.05, 3.63) is 65.7 Å². The first-order valence-corrected chi connectivity index (χ1v) is 12.2. The van der Waals surface area contributed by atoms with E-state index in [1.165, 1.54) is 0 Å². The Morgan fingerprint density at radius 1 is 0.912 bits per heavy atom. The lowest BCUT2D eigenvalue weighted by Crippen LogP contribution is -2.14. The minimum atomic E-state index is -0.249. The van der Waals surface area contributed by atoms with Gasteiger partial charge in [-0.25, -0.2) is 4.98 Å². The van der Waals surface area contributed by atoms with Crippen LogP contribution < -0.4 is 19.5 Å². The molecular formula is C27H28N2O4S. The Kier molecular flexibility index (Phi) is 7.33. The van der Waals surface area contributed by atoms with Gasteiger partial charge < -0.3 is 19.5 Å². The normalized spacial score (nSPS) is 10.8. The first-order valence-electron chi connectivity index (χ1n) is 11.4. The lowest BCUT2D eigenvalue weighted by Gasteiger charge is -2.17. The number of hydrogen-bond donors (Lipinski definition) is 1. The van der Waals surface area contributed by atoms with Gasteiger partial charge in [0.05, 0.1) is 30.0 Å². The lowest BCUT2D eigenvalue weighted by molar-refractivity contribution is 0.102. The van der Waals surface area contributed by atoms with E-state index in [9.17, 15) is 4.79 Å². The van der Waals surface area contributed by atoms with Crippen LogP contribution in [-0.4, -0.2) is 30.7 Å². The third kappa shape index (κ3) is 4.99. The van der Waals surface area contributed by atoms with Gasteiger partial charge in [-0.1, -0.05) is 12.1 Å². The third-order valence-corrected chi connectivity index (χ3v) is 6.27. The van der Waals surface area contributed by atoms with Crippen LogP contribution in [0.4, 0.5) is 5.69 Å². The maximum atomic E-state index is 13.1. The van der Waals surface area contributed by atoms with Crippen LogP contribution in [0.25, 0.3) is 20.8 Å². The Bertz CT molecular complexity index is 1260. The van der Waals surface area contributed by atoms with E-state index in [4.69, 9.17) is 19.2 Å². The number of aryl methyl sites for hydroxylation is 1. The fourth-order valence-electron chi connectivity index (χ4n) is 3.65. The maximum absolute atomic E-state index is 13.1. The molecule has 0 bridgehead atoms. The average molecular weight is 477 g/mol. The minimum Gasteiger partial charge on any atom is -0.490 e. The Balaban J connectivity index is 1.60. The number of rotatable bonds is 9. The van der Waals surface area contributed by atoms with Gasteiger partial charge in [0.25, 0.3) is 5.91 Å². The summed E-state index contributed by atoms with van der Waals surface area (Å²) in [6.45, 7) is 9.01. The van der Waals surface area contributed by atoms with Crippen molar-refractivity contribution >= 4 is 33.1 Å². The number of hydrogen-bond acceptors (Lipinski definition) is 6. The largest absolute Gasteiger partial charge is 0.490 e. The molecule has 176 valence electrons. The summed E-state index contributed by atoms with van der Waals surface area (Å²) in [5.74, 6) is 1.24. The Labute approximate surface area is 203 Å². The number of ether oxygens (including phenoxy) is 3. The van der Waals surface area contributed by atoms with Crippen molar-refractivity contribution in [2.24, 2.45) is 0 Å². The van der Waals surface area contributed by atoms with Crippen LogP contribution in [0.1, 0.15) is 36.7 Å². The van der Waals surface area contributed by atoms with Crippen LogP contribution in [0, 0.1) is 6.92 Å². The van der Waals surface area contributed by atoms with Crippen LogP contribution in [0.15, 0.2) is 54.6 Å². The summed E-state index contributed by atoms with van der Waals surface area (Å²) < 4.78 is 18.4. The zero-order valence-corrected chi connectivity index (χ0v) is 20.6. The van der Waals surface area contributed by atoms with Gasteiger partial charge in [-0.05, 0) is 75.7 Å². The molecule has 4 rings (SSSR count). The molecule has 1 amide bonds. The van der Waals surface area contributed by atoms with Gasteiger partial charge in [0.1, 0.15) is 5.01 Å². The van der Waals surface area contributed by atoms with Crippen LogP contribution >= 0.6 is 11.3 Å². The zero-order chi connectivity index (χ0) is 24.1. The Morgan fingerprint density at radius 2 is 1.59 bits per heavy atom. The second kappa shape index (κ2) is 10.6. The van der Waals surface area contributed by atoms with E-state index in [1.54, 1.807) is 23.5 Å². The molecule has 1 heterocycles. The quantitative estimate of drug-likeness (QED) is 0.290.